The molecule has 0 radical (unpaired) electrons. The fourth-order valence-electron chi connectivity index (χ4n) is 1.78. The predicted octanol–water partition coefficient (Wildman–Crippen LogP) is 1.52. The summed E-state index contributed by atoms with van der Waals surface area (Å²) in [6.45, 7) is 1.10. The van der Waals surface area contributed by atoms with Crippen molar-refractivity contribution in [3.63, 3.8) is 0 Å². The van der Waals surface area contributed by atoms with E-state index in [0.717, 1.165) is 6.54 Å². The zero-order valence-electron chi connectivity index (χ0n) is 10.8. The molecule has 1 aliphatic carbocycles. The van der Waals surface area contributed by atoms with Gasteiger partial charge in [-0.3, -0.25) is 4.79 Å². The lowest BCUT2D eigenvalue weighted by molar-refractivity contribution is -0.133. The molecule has 0 spiro atoms. The largest absolute Gasteiger partial charge is 0.484 e. The molecule has 0 atom stereocenters. The van der Waals surface area contributed by atoms with Crippen molar-refractivity contribution in [2.75, 3.05) is 25.4 Å². The number of benzene rings is 1. The Balaban J connectivity index is 1.84. The Bertz CT molecular complexity index is 472. The molecule has 1 amide bonds. The lowest BCUT2D eigenvalue weighted by Gasteiger charge is -2.20. The highest BCUT2D eigenvalue weighted by molar-refractivity contribution is 5.78. The first-order valence-electron chi connectivity index (χ1n) is 6.38. The van der Waals surface area contributed by atoms with E-state index in [9.17, 15) is 4.79 Å². The third kappa shape index (κ3) is 4.22. The van der Waals surface area contributed by atoms with Crippen LogP contribution in [0, 0.1) is 18.3 Å². The minimum atomic E-state index is -0.0679. The standard InChI is InChI=1S/C15H18N2O2/c1-2-9-17(10-12-3-4-12)15(18)11-19-14-7-5-13(16)6-8-14/h1,5-8,12H,3-4,9-11,16H2. The molecule has 4 heteroatoms. The van der Waals surface area contributed by atoms with Gasteiger partial charge in [-0.25, -0.2) is 0 Å². The van der Waals surface area contributed by atoms with E-state index in [1.165, 1.54) is 12.8 Å². The summed E-state index contributed by atoms with van der Waals surface area (Å²) < 4.78 is 5.44. The first-order valence-corrected chi connectivity index (χ1v) is 6.38. The number of ether oxygens (including phenoxy) is 1. The van der Waals surface area contributed by atoms with Crippen LogP contribution in [0.2, 0.25) is 0 Å². The van der Waals surface area contributed by atoms with E-state index in [1.54, 1.807) is 29.2 Å². The summed E-state index contributed by atoms with van der Waals surface area (Å²) in [5.41, 5.74) is 6.25. The molecule has 0 heterocycles. The summed E-state index contributed by atoms with van der Waals surface area (Å²) in [5, 5.41) is 0. The second-order valence-electron chi connectivity index (χ2n) is 4.78. The maximum atomic E-state index is 12.0. The van der Waals surface area contributed by atoms with Crippen LogP contribution in [0.15, 0.2) is 24.3 Å². The van der Waals surface area contributed by atoms with Gasteiger partial charge in [0.25, 0.3) is 5.91 Å². The minimum Gasteiger partial charge on any atom is -0.484 e. The van der Waals surface area contributed by atoms with Crippen LogP contribution in [0.25, 0.3) is 0 Å². The third-order valence-corrected chi connectivity index (χ3v) is 3.05. The van der Waals surface area contributed by atoms with Crippen LogP contribution in [0.1, 0.15) is 12.8 Å². The Morgan fingerprint density at radius 1 is 1.42 bits per heavy atom. The van der Waals surface area contributed by atoms with Crippen molar-refractivity contribution in [3.05, 3.63) is 24.3 Å². The summed E-state index contributed by atoms with van der Waals surface area (Å²) in [6.07, 6.45) is 7.66. The average Bonchev–Trinajstić information content (AvgIpc) is 3.21. The number of terminal acetylenes is 1. The lowest BCUT2D eigenvalue weighted by Crippen LogP contribution is -2.36. The van der Waals surface area contributed by atoms with Crippen molar-refractivity contribution in [3.8, 4) is 18.1 Å². The molecule has 2 rings (SSSR count). The van der Waals surface area contributed by atoms with Crippen LogP contribution < -0.4 is 10.5 Å². The topological polar surface area (TPSA) is 55.6 Å². The highest BCUT2D eigenvalue weighted by Gasteiger charge is 2.26. The molecule has 4 nitrogen and oxygen atoms in total. The number of carbonyl (C=O) groups excluding carboxylic acids is 1. The monoisotopic (exact) mass is 258 g/mol. The number of amides is 1. The fourth-order valence-corrected chi connectivity index (χ4v) is 1.78. The molecule has 1 fully saturated rings. The zero-order chi connectivity index (χ0) is 13.7. The van der Waals surface area contributed by atoms with E-state index in [0.29, 0.717) is 23.9 Å². The van der Waals surface area contributed by atoms with Crippen molar-refractivity contribution in [1.82, 2.24) is 4.90 Å². The van der Waals surface area contributed by atoms with Gasteiger partial charge in [0.2, 0.25) is 0 Å². The average molecular weight is 258 g/mol. The first-order chi connectivity index (χ1) is 9.19. The van der Waals surface area contributed by atoms with Crippen molar-refractivity contribution in [1.29, 1.82) is 0 Å². The van der Waals surface area contributed by atoms with Crippen molar-refractivity contribution in [2.45, 2.75) is 12.8 Å². The minimum absolute atomic E-state index is 0.0122. The molecule has 0 bridgehead atoms. The van der Waals surface area contributed by atoms with Gasteiger partial charge in [0.1, 0.15) is 5.75 Å². The molecule has 0 unspecified atom stereocenters. The van der Waals surface area contributed by atoms with Crippen molar-refractivity contribution in [2.24, 2.45) is 5.92 Å². The van der Waals surface area contributed by atoms with E-state index in [1.807, 2.05) is 0 Å². The number of nitrogens with zero attached hydrogens (tertiary/aromatic N) is 1. The van der Waals surface area contributed by atoms with Gasteiger partial charge in [0.05, 0.1) is 6.54 Å². The SMILES string of the molecule is C#CCN(CC1CC1)C(=O)COc1ccc(N)cc1. The lowest BCUT2D eigenvalue weighted by atomic mass is 10.3. The van der Waals surface area contributed by atoms with Crippen molar-refractivity contribution < 1.29 is 9.53 Å². The molecule has 100 valence electrons. The molecule has 19 heavy (non-hydrogen) atoms. The van der Waals surface area contributed by atoms with E-state index >= 15 is 0 Å². The van der Waals surface area contributed by atoms with Crippen LogP contribution in [-0.4, -0.2) is 30.5 Å². The van der Waals surface area contributed by atoms with E-state index in [-0.39, 0.29) is 12.5 Å². The molecule has 1 aliphatic rings. The Morgan fingerprint density at radius 3 is 2.68 bits per heavy atom. The van der Waals surface area contributed by atoms with Gasteiger partial charge in [-0.1, -0.05) is 5.92 Å². The molecule has 0 aliphatic heterocycles. The van der Waals surface area contributed by atoms with E-state index in [4.69, 9.17) is 16.9 Å². The summed E-state index contributed by atoms with van der Waals surface area (Å²) in [4.78, 5) is 13.7. The maximum absolute atomic E-state index is 12.0. The van der Waals surface area contributed by atoms with Crippen LogP contribution in [0.3, 0.4) is 0 Å². The molecule has 1 aromatic rings. The Morgan fingerprint density at radius 2 is 2.11 bits per heavy atom. The number of carbonyl (C=O) groups is 1. The van der Waals surface area contributed by atoms with Gasteiger partial charge in [-0.05, 0) is 43.0 Å². The number of nitrogen functional groups attached to an aromatic ring is 1. The van der Waals surface area contributed by atoms with Gasteiger partial charge in [0, 0.05) is 12.2 Å². The van der Waals surface area contributed by atoms with Gasteiger partial charge >= 0.3 is 0 Å². The molecule has 2 N–H and O–H groups in total. The number of rotatable bonds is 6. The highest BCUT2D eigenvalue weighted by atomic mass is 16.5. The van der Waals surface area contributed by atoms with Crippen LogP contribution in [0.5, 0.6) is 5.75 Å². The van der Waals surface area contributed by atoms with E-state index in [2.05, 4.69) is 5.92 Å². The zero-order valence-corrected chi connectivity index (χ0v) is 10.8. The van der Waals surface area contributed by atoms with Gasteiger partial charge in [0.15, 0.2) is 6.61 Å². The second-order valence-corrected chi connectivity index (χ2v) is 4.78. The summed E-state index contributed by atoms with van der Waals surface area (Å²) in [5.74, 6) is 3.71. The normalized spacial score (nSPS) is 13.6. The number of anilines is 1. The van der Waals surface area contributed by atoms with Crippen LogP contribution in [-0.2, 0) is 4.79 Å². The van der Waals surface area contributed by atoms with Gasteiger partial charge < -0.3 is 15.4 Å². The summed E-state index contributed by atoms with van der Waals surface area (Å²) >= 11 is 0. The Kier molecular flexibility index (Phi) is 4.30. The van der Waals surface area contributed by atoms with Gasteiger partial charge in [-0.15, -0.1) is 6.42 Å². The maximum Gasteiger partial charge on any atom is 0.261 e. The van der Waals surface area contributed by atoms with Crippen LogP contribution in [0.4, 0.5) is 5.69 Å². The number of hydrogen-bond donors (Lipinski definition) is 1. The Hall–Kier alpha value is -2.15. The number of hydrogen-bond acceptors (Lipinski definition) is 3. The quantitative estimate of drug-likeness (QED) is 0.621. The molecule has 0 saturated heterocycles. The number of nitrogens with two attached hydrogens (primary N) is 1. The molecular weight excluding hydrogens is 240 g/mol. The fraction of sp³-hybridized carbons (Fsp3) is 0.400. The predicted molar refractivity (Wildman–Crippen MR) is 74.5 cm³/mol. The second kappa shape index (κ2) is 6.14. The molecule has 1 saturated carbocycles. The van der Waals surface area contributed by atoms with E-state index < -0.39 is 0 Å². The third-order valence-electron chi connectivity index (χ3n) is 3.05. The van der Waals surface area contributed by atoms with Crippen molar-refractivity contribution >= 4 is 11.6 Å². The summed E-state index contributed by atoms with van der Waals surface area (Å²) in [6, 6.07) is 6.97. The molecule has 0 aromatic heterocycles. The Labute approximate surface area is 113 Å². The summed E-state index contributed by atoms with van der Waals surface area (Å²) in [7, 11) is 0. The molecule has 1 aromatic carbocycles. The molecular formula is C15H18N2O2. The highest BCUT2D eigenvalue weighted by Crippen LogP contribution is 2.29. The first kappa shape index (κ1) is 13.3. The smallest absolute Gasteiger partial charge is 0.261 e. The van der Waals surface area contributed by atoms with Gasteiger partial charge in [-0.2, -0.15) is 0 Å². The van der Waals surface area contributed by atoms with Crippen LogP contribution >= 0.6 is 0 Å².